The third kappa shape index (κ3) is 5.39. The number of carbonyl (C=O) groups is 2. The second-order valence-corrected chi connectivity index (χ2v) is 7.36. The molecule has 6 heteroatoms. The highest BCUT2D eigenvalue weighted by molar-refractivity contribution is 8.00. The quantitative estimate of drug-likeness (QED) is 0.395. The minimum Gasteiger partial charge on any atom is -0.294 e. The molecule has 0 aliphatic rings. The lowest BCUT2D eigenvalue weighted by Gasteiger charge is -2.16. The Kier molecular flexibility index (Phi) is 6.46. The number of hydrogen-bond donors (Lipinski definition) is 1. The summed E-state index contributed by atoms with van der Waals surface area (Å²) in [5, 5.41) is 9.85. The van der Waals surface area contributed by atoms with Crippen LogP contribution in [-0.2, 0) is 0 Å². The van der Waals surface area contributed by atoms with Crippen molar-refractivity contribution in [2.45, 2.75) is 20.8 Å². The number of rotatable bonds is 6. The zero-order valence-electron chi connectivity index (χ0n) is 15.0. The smallest absolute Gasteiger partial charge is 0.261 e. The van der Waals surface area contributed by atoms with Gasteiger partial charge in [0.2, 0.25) is 0 Å². The zero-order valence-corrected chi connectivity index (χ0v) is 15.8. The molecule has 0 radical (unpaired) electrons. The van der Waals surface area contributed by atoms with E-state index in [1.165, 1.54) is 0 Å². The Balaban J connectivity index is 2.04. The van der Waals surface area contributed by atoms with Gasteiger partial charge >= 0.3 is 0 Å². The van der Waals surface area contributed by atoms with Crippen molar-refractivity contribution < 1.29 is 9.59 Å². The molecule has 134 valence electrons. The molecule has 2 rings (SSSR count). The van der Waals surface area contributed by atoms with E-state index < -0.39 is 5.41 Å². The molecule has 2 aromatic rings. The highest BCUT2D eigenvalue weighted by Crippen LogP contribution is 2.24. The maximum atomic E-state index is 12.2. The zero-order chi connectivity index (χ0) is 19.2. The van der Waals surface area contributed by atoms with Gasteiger partial charge in [0.25, 0.3) is 5.91 Å². The Hall–Kier alpha value is -2.73. The molecule has 0 fully saturated rings. The summed E-state index contributed by atoms with van der Waals surface area (Å²) in [6.45, 7) is 9.20. The number of nitrogens with zero attached hydrogens (tertiary/aromatic N) is 2. The Morgan fingerprint density at radius 1 is 0.923 bits per heavy atom. The molecule has 0 aliphatic heterocycles. The minimum atomic E-state index is -0.415. The van der Waals surface area contributed by atoms with Crippen LogP contribution in [0.15, 0.2) is 70.7 Å². The number of hydrogen-bond acceptors (Lipinski definition) is 5. The molecule has 0 saturated heterocycles. The lowest BCUT2D eigenvalue weighted by Crippen LogP contribution is -2.19. The van der Waals surface area contributed by atoms with E-state index in [2.05, 4.69) is 21.5 Å². The van der Waals surface area contributed by atoms with Crippen molar-refractivity contribution in [3.8, 4) is 0 Å². The Morgan fingerprint density at radius 3 is 1.81 bits per heavy atom. The van der Waals surface area contributed by atoms with Gasteiger partial charge in [-0.2, -0.15) is 10.2 Å². The van der Waals surface area contributed by atoms with E-state index in [0.717, 1.165) is 11.9 Å². The van der Waals surface area contributed by atoms with Gasteiger partial charge in [-0.25, -0.2) is 0 Å². The first-order valence-corrected chi connectivity index (χ1v) is 8.93. The SMILES string of the molecule is C=CSNC(=O)c1ccc(N=Nc2ccc(C(=O)C(C)(C)C)cc2)cc1. The standard InChI is InChI=1S/C20H21N3O2S/c1-5-26-23-19(25)15-8-12-17(13-9-15)22-21-16-10-6-14(7-11-16)18(24)20(2,3)4/h5-13H,1H2,2-4H3,(H,23,25). The van der Waals surface area contributed by atoms with Gasteiger partial charge < -0.3 is 0 Å². The summed E-state index contributed by atoms with van der Waals surface area (Å²) in [6, 6.07) is 13.8. The normalized spacial score (nSPS) is 11.3. The van der Waals surface area contributed by atoms with Crippen LogP contribution in [-0.4, -0.2) is 11.7 Å². The van der Waals surface area contributed by atoms with E-state index in [4.69, 9.17) is 0 Å². The van der Waals surface area contributed by atoms with E-state index >= 15 is 0 Å². The fourth-order valence-corrected chi connectivity index (χ4v) is 2.37. The molecule has 0 saturated carbocycles. The first-order valence-electron chi connectivity index (χ1n) is 8.05. The summed E-state index contributed by atoms with van der Waals surface area (Å²) in [5.41, 5.74) is 2.06. The summed E-state index contributed by atoms with van der Waals surface area (Å²) in [4.78, 5) is 24.0. The van der Waals surface area contributed by atoms with Gasteiger partial charge in [0.05, 0.1) is 11.4 Å². The number of Topliss-reactive ketones (excluding diaryl/α,β-unsaturated/α-hetero) is 1. The molecule has 2 aromatic carbocycles. The van der Waals surface area contributed by atoms with Crippen LogP contribution in [0, 0.1) is 5.41 Å². The van der Waals surface area contributed by atoms with Crippen molar-refractivity contribution >= 4 is 35.0 Å². The summed E-state index contributed by atoms with van der Waals surface area (Å²) < 4.78 is 2.63. The summed E-state index contributed by atoms with van der Waals surface area (Å²) in [7, 11) is 0. The van der Waals surface area contributed by atoms with Gasteiger partial charge in [0.15, 0.2) is 5.78 Å². The number of benzene rings is 2. The van der Waals surface area contributed by atoms with Crippen molar-refractivity contribution in [2.75, 3.05) is 0 Å². The van der Waals surface area contributed by atoms with Gasteiger partial charge in [0, 0.05) is 16.5 Å². The Bertz CT molecular complexity index is 820. The Labute approximate surface area is 157 Å². The second kappa shape index (κ2) is 8.58. The minimum absolute atomic E-state index is 0.0875. The maximum absolute atomic E-state index is 12.2. The summed E-state index contributed by atoms with van der Waals surface area (Å²) >= 11 is 1.13. The predicted octanol–water partition coefficient (Wildman–Crippen LogP) is 5.85. The molecule has 1 N–H and O–H groups in total. The first-order chi connectivity index (χ1) is 12.3. The van der Waals surface area contributed by atoms with Crippen molar-refractivity contribution in [1.82, 2.24) is 4.72 Å². The van der Waals surface area contributed by atoms with E-state index in [1.807, 2.05) is 20.8 Å². The van der Waals surface area contributed by atoms with E-state index in [-0.39, 0.29) is 11.7 Å². The van der Waals surface area contributed by atoms with Crippen LogP contribution >= 0.6 is 11.9 Å². The average Bonchev–Trinajstić information content (AvgIpc) is 2.64. The van der Waals surface area contributed by atoms with Crippen LogP contribution in [0.5, 0.6) is 0 Å². The van der Waals surface area contributed by atoms with Crippen molar-refractivity contribution in [2.24, 2.45) is 15.6 Å². The fourth-order valence-electron chi connectivity index (χ4n) is 2.06. The van der Waals surface area contributed by atoms with Crippen LogP contribution in [0.3, 0.4) is 0 Å². The van der Waals surface area contributed by atoms with Crippen LogP contribution in [0.2, 0.25) is 0 Å². The van der Waals surface area contributed by atoms with E-state index in [9.17, 15) is 9.59 Å². The third-order valence-electron chi connectivity index (χ3n) is 3.46. The summed E-state index contributed by atoms with van der Waals surface area (Å²) in [6.07, 6.45) is 0. The number of nitrogens with one attached hydrogen (secondary N) is 1. The van der Waals surface area contributed by atoms with Crippen LogP contribution in [0.4, 0.5) is 11.4 Å². The Morgan fingerprint density at radius 2 is 1.38 bits per heavy atom. The first kappa shape index (κ1) is 19.6. The molecule has 0 unspecified atom stereocenters. The predicted molar refractivity (Wildman–Crippen MR) is 106 cm³/mol. The van der Waals surface area contributed by atoms with Crippen LogP contribution in [0.25, 0.3) is 0 Å². The lowest BCUT2D eigenvalue weighted by molar-refractivity contribution is 0.0858. The molecule has 0 bridgehead atoms. The number of ketones is 1. The number of carbonyl (C=O) groups excluding carboxylic acids is 2. The van der Waals surface area contributed by atoms with Gasteiger partial charge in [-0.3, -0.25) is 14.3 Å². The van der Waals surface area contributed by atoms with Crippen LogP contribution < -0.4 is 4.72 Å². The fraction of sp³-hybridized carbons (Fsp3) is 0.200. The number of amides is 1. The van der Waals surface area contributed by atoms with Crippen molar-refractivity contribution in [3.05, 3.63) is 71.6 Å². The van der Waals surface area contributed by atoms with Crippen molar-refractivity contribution in [3.63, 3.8) is 0 Å². The maximum Gasteiger partial charge on any atom is 0.261 e. The van der Waals surface area contributed by atoms with E-state index in [0.29, 0.717) is 22.5 Å². The lowest BCUT2D eigenvalue weighted by atomic mass is 9.86. The molecule has 0 atom stereocenters. The highest BCUT2D eigenvalue weighted by Gasteiger charge is 2.22. The average molecular weight is 367 g/mol. The van der Waals surface area contributed by atoms with Crippen molar-refractivity contribution in [1.29, 1.82) is 0 Å². The monoisotopic (exact) mass is 367 g/mol. The molecule has 0 aromatic heterocycles. The molecule has 0 heterocycles. The van der Waals surface area contributed by atoms with Crippen LogP contribution in [0.1, 0.15) is 41.5 Å². The van der Waals surface area contributed by atoms with Gasteiger partial charge in [-0.05, 0) is 65.9 Å². The topological polar surface area (TPSA) is 70.9 Å². The van der Waals surface area contributed by atoms with Gasteiger partial charge in [0.1, 0.15) is 0 Å². The molecule has 1 amide bonds. The van der Waals surface area contributed by atoms with E-state index in [1.54, 1.807) is 53.9 Å². The van der Waals surface area contributed by atoms with Gasteiger partial charge in [-0.1, -0.05) is 27.4 Å². The molecule has 0 spiro atoms. The number of azo groups is 1. The molecular formula is C20H21N3O2S. The molecule has 0 aliphatic carbocycles. The summed E-state index contributed by atoms with van der Waals surface area (Å²) in [5.74, 6) is -0.109. The highest BCUT2D eigenvalue weighted by atomic mass is 32.2. The molecule has 5 nitrogen and oxygen atoms in total. The largest absolute Gasteiger partial charge is 0.294 e. The third-order valence-corrected chi connectivity index (χ3v) is 3.93. The molecular weight excluding hydrogens is 346 g/mol. The van der Waals surface area contributed by atoms with Gasteiger partial charge in [-0.15, -0.1) is 0 Å². The molecule has 26 heavy (non-hydrogen) atoms. The second-order valence-electron chi connectivity index (χ2n) is 6.59.